The van der Waals surface area contributed by atoms with E-state index in [0.717, 1.165) is 25.6 Å². The number of rotatable bonds is 9. The van der Waals surface area contributed by atoms with E-state index in [0.29, 0.717) is 28.4 Å². The van der Waals surface area contributed by atoms with Crippen molar-refractivity contribution >= 4 is 52.3 Å². The van der Waals surface area contributed by atoms with E-state index in [9.17, 15) is 21.6 Å². The molecule has 0 aliphatic heterocycles. The van der Waals surface area contributed by atoms with Gasteiger partial charge >= 0.3 is 0 Å². The van der Waals surface area contributed by atoms with Crippen LogP contribution in [0.4, 0.5) is 5.13 Å². The highest BCUT2D eigenvalue weighted by Crippen LogP contribution is 2.32. The molecule has 0 spiro atoms. The lowest BCUT2D eigenvalue weighted by molar-refractivity contribution is 0.0980. The van der Waals surface area contributed by atoms with Crippen LogP contribution in [0.25, 0.3) is 10.2 Å². The summed E-state index contributed by atoms with van der Waals surface area (Å²) in [6, 6.07) is 10.8. The Balaban J connectivity index is 2.10. The molecule has 11 heteroatoms. The van der Waals surface area contributed by atoms with E-state index in [2.05, 4.69) is 9.88 Å². The molecule has 0 unspecified atom stereocenters. The van der Waals surface area contributed by atoms with Gasteiger partial charge in [-0.1, -0.05) is 37.3 Å². The second kappa shape index (κ2) is 9.88. The SMILES string of the molecule is CCN(CC)CCN(C(=O)c1ccccc1S(C)(=O)=O)c1nc2ccc(S(C)(=O)=O)cc2s1. The molecule has 1 amide bonds. The van der Waals surface area contributed by atoms with Gasteiger partial charge in [0.15, 0.2) is 24.8 Å². The summed E-state index contributed by atoms with van der Waals surface area (Å²) in [6.07, 6.45) is 2.21. The third-order valence-electron chi connectivity index (χ3n) is 5.30. The Bertz CT molecular complexity index is 1380. The number of benzene rings is 2. The van der Waals surface area contributed by atoms with E-state index in [1.54, 1.807) is 24.3 Å². The first-order valence-corrected chi connectivity index (χ1v) is 15.0. The Hall–Kier alpha value is -2.34. The molecule has 0 saturated heterocycles. The predicted molar refractivity (Wildman–Crippen MR) is 132 cm³/mol. The van der Waals surface area contributed by atoms with E-state index >= 15 is 0 Å². The number of thiazole rings is 1. The van der Waals surface area contributed by atoms with E-state index in [1.807, 2.05) is 13.8 Å². The summed E-state index contributed by atoms with van der Waals surface area (Å²) in [4.78, 5) is 21.9. The third-order valence-corrected chi connectivity index (χ3v) is 8.61. The molecule has 0 atom stereocenters. The molecule has 0 fully saturated rings. The molecule has 3 rings (SSSR count). The average molecular weight is 510 g/mol. The number of anilines is 1. The highest BCUT2D eigenvalue weighted by Gasteiger charge is 2.26. The van der Waals surface area contributed by atoms with Crippen LogP contribution in [0, 0.1) is 0 Å². The fourth-order valence-electron chi connectivity index (χ4n) is 3.42. The third kappa shape index (κ3) is 5.78. The normalized spacial score (nSPS) is 12.4. The summed E-state index contributed by atoms with van der Waals surface area (Å²) in [6.45, 7) is 6.53. The zero-order valence-electron chi connectivity index (χ0n) is 19.0. The monoisotopic (exact) mass is 509 g/mol. The average Bonchev–Trinajstić information content (AvgIpc) is 3.18. The number of nitrogens with zero attached hydrogens (tertiary/aromatic N) is 3. The molecule has 1 aromatic heterocycles. The van der Waals surface area contributed by atoms with Crippen LogP contribution in [0.15, 0.2) is 52.3 Å². The van der Waals surface area contributed by atoms with Crippen molar-refractivity contribution < 1.29 is 21.6 Å². The second-order valence-electron chi connectivity index (χ2n) is 7.65. The van der Waals surface area contributed by atoms with Gasteiger partial charge in [-0.05, 0) is 43.4 Å². The van der Waals surface area contributed by atoms with Crippen LogP contribution < -0.4 is 4.90 Å². The number of aromatic nitrogens is 1. The van der Waals surface area contributed by atoms with Crippen molar-refractivity contribution in [1.82, 2.24) is 9.88 Å². The first-order valence-electron chi connectivity index (χ1n) is 10.4. The van der Waals surface area contributed by atoms with Crippen LogP contribution in [-0.2, 0) is 19.7 Å². The van der Waals surface area contributed by atoms with Crippen LogP contribution in [0.2, 0.25) is 0 Å². The van der Waals surface area contributed by atoms with Gasteiger partial charge in [-0.3, -0.25) is 9.69 Å². The van der Waals surface area contributed by atoms with Gasteiger partial charge in [-0.25, -0.2) is 21.8 Å². The van der Waals surface area contributed by atoms with Gasteiger partial charge in [0.2, 0.25) is 0 Å². The standard InChI is InChI=1S/C22H27N3O5S3/c1-5-24(6-2)13-14-25(21(26)17-9-7-8-10-20(17)33(4,29)30)22-23-18-12-11-16(32(3,27)28)15-19(18)31-22/h7-12,15H,5-6,13-14H2,1-4H3. The fraction of sp³-hybridized carbons (Fsp3) is 0.364. The highest BCUT2D eigenvalue weighted by atomic mass is 32.2. The van der Waals surface area contributed by atoms with Crippen molar-refractivity contribution in [3.63, 3.8) is 0 Å². The molecule has 0 aliphatic carbocycles. The van der Waals surface area contributed by atoms with Crippen LogP contribution in [-0.4, -0.2) is 71.3 Å². The summed E-state index contributed by atoms with van der Waals surface area (Å²) < 4.78 is 49.1. The second-order valence-corrected chi connectivity index (χ2v) is 12.7. The smallest absolute Gasteiger partial charge is 0.261 e. The highest BCUT2D eigenvalue weighted by molar-refractivity contribution is 7.91. The lowest BCUT2D eigenvalue weighted by Gasteiger charge is -2.25. The summed E-state index contributed by atoms with van der Waals surface area (Å²) in [5, 5.41) is 0.385. The van der Waals surface area contributed by atoms with Crippen molar-refractivity contribution in [3.8, 4) is 0 Å². The van der Waals surface area contributed by atoms with Crippen molar-refractivity contribution in [2.24, 2.45) is 0 Å². The minimum Gasteiger partial charge on any atom is -0.302 e. The number of likely N-dealkylation sites (N-methyl/N-ethyl adjacent to an activating group) is 1. The Kier molecular flexibility index (Phi) is 7.57. The molecule has 0 radical (unpaired) electrons. The van der Waals surface area contributed by atoms with E-state index < -0.39 is 25.6 Å². The Morgan fingerprint density at radius 3 is 2.21 bits per heavy atom. The molecule has 1 heterocycles. The molecule has 0 saturated carbocycles. The van der Waals surface area contributed by atoms with Crippen molar-refractivity contribution in [2.45, 2.75) is 23.6 Å². The molecule has 3 aromatic rings. The van der Waals surface area contributed by atoms with Crippen LogP contribution in [0.1, 0.15) is 24.2 Å². The van der Waals surface area contributed by atoms with Gasteiger partial charge in [-0.15, -0.1) is 0 Å². The van der Waals surface area contributed by atoms with E-state index in [1.165, 1.54) is 34.4 Å². The molecule has 33 heavy (non-hydrogen) atoms. The molecule has 0 aliphatic rings. The van der Waals surface area contributed by atoms with Gasteiger partial charge in [0.25, 0.3) is 5.91 Å². The molecule has 2 aromatic carbocycles. The number of carbonyl (C=O) groups is 1. The molecule has 8 nitrogen and oxygen atoms in total. The number of fused-ring (bicyclic) bond motifs is 1. The van der Waals surface area contributed by atoms with Crippen LogP contribution in [0.5, 0.6) is 0 Å². The van der Waals surface area contributed by atoms with E-state index in [-0.39, 0.29) is 15.4 Å². The first kappa shape index (κ1) is 25.3. The maximum absolute atomic E-state index is 13.6. The summed E-state index contributed by atoms with van der Waals surface area (Å²) in [5.74, 6) is -0.467. The van der Waals surface area contributed by atoms with E-state index in [4.69, 9.17) is 0 Å². The van der Waals surface area contributed by atoms with Crippen molar-refractivity contribution in [2.75, 3.05) is 43.6 Å². The van der Waals surface area contributed by atoms with Gasteiger partial charge in [0.05, 0.1) is 25.6 Å². The summed E-state index contributed by atoms with van der Waals surface area (Å²) in [5.41, 5.74) is 0.648. The van der Waals surface area contributed by atoms with Gasteiger partial charge < -0.3 is 4.90 Å². The van der Waals surface area contributed by atoms with Crippen LogP contribution >= 0.6 is 11.3 Å². The lowest BCUT2D eigenvalue weighted by Crippen LogP contribution is -2.39. The predicted octanol–water partition coefficient (Wildman–Crippen LogP) is 3.09. The summed E-state index contributed by atoms with van der Waals surface area (Å²) in [7, 11) is -7.01. The molecule has 178 valence electrons. The van der Waals surface area contributed by atoms with Crippen molar-refractivity contribution in [3.05, 3.63) is 48.0 Å². The minimum absolute atomic E-state index is 0.0386. The molecular weight excluding hydrogens is 482 g/mol. The Morgan fingerprint density at radius 2 is 1.61 bits per heavy atom. The Morgan fingerprint density at radius 1 is 0.939 bits per heavy atom. The summed E-state index contributed by atoms with van der Waals surface area (Å²) >= 11 is 1.20. The zero-order chi connectivity index (χ0) is 24.4. The molecule has 0 N–H and O–H groups in total. The number of hydrogen-bond donors (Lipinski definition) is 0. The quantitative estimate of drug-likeness (QED) is 0.436. The topological polar surface area (TPSA) is 105 Å². The molecular formula is C22H27N3O5S3. The fourth-order valence-corrected chi connectivity index (χ4v) is 6.05. The number of sulfone groups is 2. The largest absolute Gasteiger partial charge is 0.302 e. The van der Waals surface area contributed by atoms with Gasteiger partial charge in [0, 0.05) is 25.6 Å². The first-order chi connectivity index (χ1) is 15.5. The number of carbonyl (C=O) groups excluding carboxylic acids is 1. The number of hydrogen-bond acceptors (Lipinski definition) is 8. The zero-order valence-corrected chi connectivity index (χ0v) is 21.4. The lowest BCUT2D eigenvalue weighted by atomic mass is 10.2. The van der Waals surface area contributed by atoms with Crippen molar-refractivity contribution in [1.29, 1.82) is 0 Å². The van der Waals surface area contributed by atoms with Gasteiger partial charge in [-0.2, -0.15) is 0 Å². The van der Waals surface area contributed by atoms with Gasteiger partial charge in [0.1, 0.15) is 0 Å². The maximum Gasteiger partial charge on any atom is 0.261 e. The number of amides is 1. The molecule has 0 bridgehead atoms. The maximum atomic E-state index is 13.6. The minimum atomic E-state index is -3.62. The Labute approximate surface area is 198 Å². The van der Waals surface area contributed by atoms with Crippen LogP contribution in [0.3, 0.4) is 0 Å².